The van der Waals surface area contributed by atoms with E-state index in [-0.39, 0.29) is 24.4 Å². The van der Waals surface area contributed by atoms with Crippen LogP contribution in [-0.2, 0) is 14.6 Å². The van der Waals surface area contributed by atoms with Crippen molar-refractivity contribution in [3.63, 3.8) is 0 Å². The van der Waals surface area contributed by atoms with Crippen LogP contribution >= 0.6 is 0 Å². The normalized spacial score (nSPS) is 38.2. The van der Waals surface area contributed by atoms with Crippen LogP contribution in [0.25, 0.3) is 0 Å². The van der Waals surface area contributed by atoms with Gasteiger partial charge >= 0.3 is 0 Å². The molecule has 2 aliphatic rings. The van der Waals surface area contributed by atoms with Crippen molar-refractivity contribution in [2.45, 2.75) is 45.8 Å². The van der Waals surface area contributed by atoms with Gasteiger partial charge in [0.1, 0.15) is 11.7 Å². The molecule has 0 bridgehead atoms. The molecule has 3 atom stereocenters. The average molecular weight is 266 g/mol. The Morgan fingerprint density at radius 2 is 2.21 bits per heavy atom. The average Bonchev–Trinajstić information content (AvgIpc) is 2.35. The minimum absolute atomic E-state index is 0.0180. The molecule has 1 fully saturated rings. The van der Waals surface area contributed by atoms with Crippen molar-refractivity contribution in [2.24, 2.45) is 11.3 Å². The molecule has 0 aromatic heterocycles. The van der Waals surface area contributed by atoms with Crippen LogP contribution in [0.15, 0.2) is 23.8 Å². The fourth-order valence-electron chi connectivity index (χ4n) is 3.03. The van der Waals surface area contributed by atoms with Crippen molar-refractivity contribution in [3.8, 4) is 0 Å². The summed E-state index contributed by atoms with van der Waals surface area (Å²) in [5.74, 6) is 0.182. The summed E-state index contributed by atoms with van der Waals surface area (Å²) in [6.07, 6.45) is 5.61. The molecule has 4 heteroatoms. The molecular formula is C15H22O4. The molecule has 0 spiro atoms. The molecule has 1 aliphatic carbocycles. The van der Waals surface area contributed by atoms with Crippen molar-refractivity contribution in [1.82, 2.24) is 0 Å². The van der Waals surface area contributed by atoms with E-state index in [1.165, 1.54) is 0 Å². The number of hydrogen-bond donors (Lipinski definition) is 1. The Morgan fingerprint density at radius 3 is 2.84 bits per heavy atom. The number of aliphatic hydroxyl groups is 1. The van der Waals surface area contributed by atoms with E-state index in [1.54, 1.807) is 18.2 Å². The molecule has 0 aromatic rings. The van der Waals surface area contributed by atoms with Crippen LogP contribution in [0.3, 0.4) is 0 Å². The standard InChI is InChI=1S/C15H22O4/c1-10(6-8-16)11-9-12-14(2,3)13(17)5-7-15(12,4)19-18-11/h5-7,11-12,16H,8-9H2,1-4H3/b10-6+/t11-,12+,15?/m1/s1. The molecule has 4 nitrogen and oxygen atoms in total. The highest BCUT2D eigenvalue weighted by molar-refractivity contribution is 5.95. The van der Waals surface area contributed by atoms with Gasteiger partial charge in [-0.1, -0.05) is 19.9 Å². The van der Waals surface area contributed by atoms with Gasteiger partial charge < -0.3 is 5.11 Å². The molecule has 1 heterocycles. The number of allylic oxidation sites excluding steroid dienone is 1. The quantitative estimate of drug-likeness (QED) is 0.615. The lowest BCUT2D eigenvalue weighted by molar-refractivity contribution is -0.406. The number of aliphatic hydroxyl groups excluding tert-OH is 1. The van der Waals surface area contributed by atoms with Crippen molar-refractivity contribution < 1.29 is 19.7 Å². The molecule has 0 radical (unpaired) electrons. The second-order valence-electron chi connectivity index (χ2n) is 6.19. The summed E-state index contributed by atoms with van der Waals surface area (Å²) >= 11 is 0. The molecule has 1 N–H and O–H groups in total. The topological polar surface area (TPSA) is 55.8 Å². The second kappa shape index (κ2) is 4.85. The zero-order valence-electron chi connectivity index (χ0n) is 12.0. The molecular weight excluding hydrogens is 244 g/mol. The van der Waals surface area contributed by atoms with E-state index >= 15 is 0 Å². The van der Waals surface area contributed by atoms with Gasteiger partial charge in [-0.25, -0.2) is 9.78 Å². The fourth-order valence-corrected chi connectivity index (χ4v) is 3.03. The lowest BCUT2D eigenvalue weighted by Gasteiger charge is -2.49. The van der Waals surface area contributed by atoms with E-state index in [9.17, 15) is 4.79 Å². The lowest BCUT2D eigenvalue weighted by Crippen LogP contribution is -2.55. The van der Waals surface area contributed by atoms with E-state index < -0.39 is 11.0 Å². The summed E-state index contributed by atoms with van der Waals surface area (Å²) in [5.41, 5.74) is -0.0966. The highest BCUT2D eigenvalue weighted by atomic mass is 17.2. The van der Waals surface area contributed by atoms with Gasteiger partial charge in [-0.3, -0.25) is 4.79 Å². The molecule has 106 valence electrons. The van der Waals surface area contributed by atoms with Crippen molar-refractivity contribution in [3.05, 3.63) is 23.8 Å². The minimum Gasteiger partial charge on any atom is -0.392 e. The third-order valence-electron chi connectivity index (χ3n) is 4.48. The van der Waals surface area contributed by atoms with Gasteiger partial charge in [0.2, 0.25) is 0 Å². The number of fused-ring (bicyclic) bond motifs is 1. The zero-order chi connectivity index (χ0) is 14.3. The smallest absolute Gasteiger partial charge is 0.161 e. The molecule has 0 saturated carbocycles. The zero-order valence-corrected chi connectivity index (χ0v) is 12.0. The third kappa shape index (κ3) is 2.40. The summed E-state index contributed by atoms with van der Waals surface area (Å²) in [7, 11) is 0. The van der Waals surface area contributed by atoms with Gasteiger partial charge in [0.25, 0.3) is 0 Å². The van der Waals surface area contributed by atoms with E-state index in [2.05, 4.69) is 0 Å². The van der Waals surface area contributed by atoms with Gasteiger partial charge in [-0.05, 0) is 38.0 Å². The molecule has 1 saturated heterocycles. The van der Waals surface area contributed by atoms with E-state index in [0.717, 1.165) is 5.57 Å². The van der Waals surface area contributed by atoms with Gasteiger partial charge in [0.15, 0.2) is 5.78 Å². The fraction of sp³-hybridized carbons (Fsp3) is 0.667. The molecule has 2 rings (SSSR count). The van der Waals surface area contributed by atoms with Gasteiger partial charge in [-0.15, -0.1) is 0 Å². The first-order valence-corrected chi connectivity index (χ1v) is 6.67. The SMILES string of the molecule is C/C(=C\CO)[C@H]1C[C@@H]2C(C)(C=CC(=O)C2(C)C)OO1. The van der Waals surface area contributed by atoms with Crippen LogP contribution in [0.5, 0.6) is 0 Å². The Balaban J connectivity index is 2.29. The van der Waals surface area contributed by atoms with E-state index in [4.69, 9.17) is 14.9 Å². The second-order valence-corrected chi connectivity index (χ2v) is 6.19. The molecule has 1 unspecified atom stereocenters. The predicted octanol–water partition coefficient (Wildman–Crippen LogP) is 2.19. The van der Waals surface area contributed by atoms with Crippen LogP contribution < -0.4 is 0 Å². The lowest BCUT2D eigenvalue weighted by atomic mass is 9.62. The number of carbonyl (C=O) groups is 1. The monoisotopic (exact) mass is 266 g/mol. The molecule has 19 heavy (non-hydrogen) atoms. The maximum absolute atomic E-state index is 12.1. The first kappa shape index (κ1) is 14.4. The van der Waals surface area contributed by atoms with Crippen LogP contribution in [0.4, 0.5) is 0 Å². The Kier molecular flexibility index (Phi) is 3.69. The first-order chi connectivity index (χ1) is 8.81. The minimum atomic E-state index is -0.562. The maximum atomic E-state index is 12.1. The largest absolute Gasteiger partial charge is 0.392 e. The molecule has 1 aliphatic heterocycles. The third-order valence-corrected chi connectivity index (χ3v) is 4.48. The molecule has 0 aromatic carbocycles. The highest BCUT2D eigenvalue weighted by Crippen LogP contribution is 2.48. The number of carbonyl (C=O) groups excluding carboxylic acids is 1. The summed E-state index contributed by atoms with van der Waals surface area (Å²) in [6, 6.07) is 0. The predicted molar refractivity (Wildman–Crippen MR) is 71.2 cm³/mol. The van der Waals surface area contributed by atoms with Crippen molar-refractivity contribution in [1.29, 1.82) is 0 Å². The van der Waals surface area contributed by atoms with E-state index in [0.29, 0.717) is 6.42 Å². The first-order valence-electron chi connectivity index (χ1n) is 6.67. The number of hydrogen-bond acceptors (Lipinski definition) is 4. The summed E-state index contributed by atoms with van der Waals surface area (Å²) in [5, 5.41) is 8.96. The Morgan fingerprint density at radius 1 is 1.53 bits per heavy atom. The van der Waals surface area contributed by atoms with E-state index in [1.807, 2.05) is 27.7 Å². The highest BCUT2D eigenvalue weighted by Gasteiger charge is 2.53. The molecule has 0 amide bonds. The van der Waals surface area contributed by atoms with Crippen LogP contribution in [0, 0.1) is 11.3 Å². The van der Waals surface area contributed by atoms with Crippen LogP contribution in [-0.4, -0.2) is 29.2 Å². The number of rotatable bonds is 2. The summed E-state index contributed by atoms with van der Waals surface area (Å²) in [4.78, 5) is 23.1. The Bertz CT molecular complexity index is 435. The summed E-state index contributed by atoms with van der Waals surface area (Å²) in [6.45, 7) is 7.75. The summed E-state index contributed by atoms with van der Waals surface area (Å²) < 4.78 is 0. The van der Waals surface area contributed by atoms with Gasteiger partial charge in [0.05, 0.1) is 6.61 Å². The van der Waals surface area contributed by atoms with Crippen molar-refractivity contribution >= 4 is 5.78 Å². The van der Waals surface area contributed by atoms with Gasteiger partial charge in [0, 0.05) is 11.3 Å². The van der Waals surface area contributed by atoms with Crippen LogP contribution in [0.1, 0.15) is 34.1 Å². The van der Waals surface area contributed by atoms with Crippen LogP contribution in [0.2, 0.25) is 0 Å². The van der Waals surface area contributed by atoms with Gasteiger partial charge in [-0.2, -0.15) is 0 Å². The Hall–Kier alpha value is -0.970. The maximum Gasteiger partial charge on any atom is 0.161 e. The Labute approximate surface area is 114 Å². The number of ketones is 1. The van der Waals surface area contributed by atoms with Crippen molar-refractivity contribution in [2.75, 3.05) is 6.61 Å².